The number of fused-ring (bicyclic) bond motifs is 2. The van der Waals surface area contributed by atoms with Gasteiger partial charge >= 0.3 is 6.09 Å². The van der Waals surface area contributed by atoms with E-state index in [1.165, 1.54) is 16.4 Å². The van der Waals surface area contributed by atoms with E-state index in [2.05, 4.69) is 20.8 Å². The number of nitrogens with one attached hydrogen (secondary N) is 3. The maximum absolute atomic E-state index is 13.9. The molecular weight excluding hydrogens is 670 g/mol. The Morgan fingerprint density at radius 1 is 1.10 bits per heavy atom. The third-order valence-electron chi connectivity index (χ3n) is 8.74. The highest BCUT2D eigenvalue weighted by Gasteiger charge is 2.44. The zero-order valence-corrected chi connectivity index (χ0v) is 29.0. The van der Waals surface area contributed by atoms with Crippen LogP contribution in [-0.2, 0) is 30.7 Å². The van der Waals surface area contributed by atoms with Crippen LogP contribution in [0.15, 0.2) is 59.6 Å². The van der Waals surface area contributed by atoms with Crippen molar-refractivity contribution in [1.82, 2.24) is 19.8 Å². The standard InChI is InChI=1S/C34H45N5O10S/c1-22(2)18-39(50(42,43)25-8-9-29-30(17-25)48-21-47-29)19-28(40)27(37-34(41)49-31-20-46-33-26(31)11-15-45-33)16-23-4-6-24(7-5-23)44-14-3-12-35-32-10-13-36-38-32/h4-10,13,17,22,26-28,31,33,40H,3,11-12,14-16,18-21H2,1-2H3,(H,37,41)(H2,35,36,38). The first kappa shape index (κ1) is 35.7. The zero-order chi connectivity index (χ0) is 35.1. The van der Waals surface area contributed by atoms with Crippen molar-refractivity contribution in [2.45, 2.75) is 62.5 Å². The van der Waals surface area contributed by atoms with Crippen LogP contribution in [0.3, 0.4) is 0 Å². The summed E-state index contributed by atoms with van der Waals surface area (Å²) in [6, 6.07) is 12.7. The topological polar surface area (TPSA) is 183 Å². The Labute approximate surface area is 291 Å². The van der Waals surface area contributed by atoms with Gasteiger partial charge in [-0.05, 0) is 61.1 Å². The first-order chi connectivity index (χ1) is 24.2. The maximum Gasteiger partial charge on any atom is 0.407 e. The smallest absolute Gasteiger partial charge is 0.407 e. The van der Waals surface area contributed by atoms with Crippen LogP contribution in [0.1, 0.15) is 32.3 Å². The van der Waals surface area contributed by atoms with Gasteiger partial charge in [0.2, 0.25) is 16.8 Å². The summed E-state index contributed by atoms with van der Waals surface area (Å²) in [6.07, 6.45) is 0.439. The number of alkyl carbamates (subject to hydrolysis) is 1. The second-order valence-electron chi connectivity index (χ2n) is 13.0. The van der Waals surface area contributed by atoms with Gasteiger partial charge < -0.3 is 44.2 Å². The van der Waals surface area contributed by atoms with E-state index in [-0.39, 0.29) is 49.6 Å². The number of sulfonamides is 1. The molecule has 50 heavy (non-hydrogen) atoms. The van der Waals surface area contributed by atoms with Crippen LogP contribution in [0.2, 0.25) is 0 Å². The third-order valence-corrected chi connectivity index (χ3v) is 10.6. The molecule has 5 atom stereocenters. The van der Waals surface area contributed by atoms with Gasteiger partial charge in [-0.25, -0.2) is 13.2 Å². The van der Waals surface area contributed by atoms with E-state index in [1.54, 1.807) is 12.3 Å². The number of nitrogens with zero attached hydrogens (tertiary/aromatic N) is 2. The summed E-state index contributed by atoms with van der Waals surface area (Å²) in [7, 11) is -4.07. The van der Waals surface area contributed by atoms with Crippen molar-refractivity contribution >= 4 is 21.9 Å². The van der Waals surface area contributed by atoms with Crippen molar-refractivity contribution in [3.63, 3.8) is 0 Å². The van der Waals surface area contributed by atoms with Crippen molar-refractivity contribution in [2.24, 2.45) is 11.8 Å². The molecule has 4 N–H and O–H groups in total. The summed E-state index contributed by atoms with van der Waals surface area (Å²) in [5, 5.41) is 24.5. The molecule has 0 saturated carbocycles. The average molecular weight is 716 g/mol. The largest absolute Gasteiger partial charge is 0.494 e. The molecule has 5 unspecified atom stereocenters. The average Bonchev–Trinajstić information content (AvgIpc) is 3.92. The molecule has 6 rings (SSSR count). The van der Waals surface area contributed by atoms with Gasteiger partial charge in [-0.15, -0.1) is 0 Å². The fraction of sp³-hybridized carbons (Fsp3) is 0.529. The van der Waals surface area contributed by atoms with E-state index < -0.39 is 40.7 Å². The number of amides is 1. The Morgan fingerprint density at radius 3 is 2.70 bits per heavy atom. The number of rotatable bonds is 17. The minimum atomic E-state index is -4.07. The van der Waals surface area contributed by atoms with E-state index in [1.807, 2.05) is 44.2 Å². The molecule has 4 heterocycles. The number of anilines is 1. The van der Waals surface area contributed by atoms with E-state index in [4.69, 9.17) is 28.4 Å². The fourth-order valence-corrected chi connectivity index (χ4v) is 7.81. The predicted molar refractivity (Wildman–Crippen MR) is 180 cm³/mol. The molecule has 15 nitrogen and oxygen atoms in total. The van der Waals surface area contributed by atoms with Crippen LogP contribution in [0.4, 0.5) is 10.6 Å². The Hall–Kier alpha value is -4.09. The summed E-state index contributed by atoms with van der Waals surface area (Å²) in [4.78, 5) is 13.3. The summed E-state index contributed by atoms with van der Waals surface area (Å²) in [6.45, 7) is 5.61. The number of ether oxygens (including phenoxy) is 6. The highest BCUT2D eigenvalue weighted by molar-refractivity contribution is 7.89. The molecule has 3 aromatic rings. The van der Waals surface area contributed by atoms with Crippen LogP contribution in [0.5, 0.6) is 17.2 Å². The lowest BCUT2D eigenvalue weighted by Crippen LogP contribution is -2.51. The first-order valence-electron chi connectivity index (χ1n) is 16.9. The number of hydrogen-bond acceptors (Lipinski definition) is 12. The number of aromatic amines is 1. The second-order valence-corrected chi connectivity index (χ2v) is 14.9. The van der Waals surface area contributed by atoms with Gasteiger partial charge in [0.15, 0.2) is 17.8 Å². The van der Waals surface area contributed by atoms with Gasteiger partial charge in [0, 0.05) is 25.7 Å². The molecule has 3 aliphatic heterocycles. The van der Waals surface area contributed by atoms with Crippen LogP contribution in [-0.4, -0.2) is 105 Å². The molecule has 2 aromatic carbocycles. The fourth-order valence-electron chi connectivity index (χ4n) is 6.17. The lowest BCUT2D eigenvalue weighted by atomic mass is 10.0. The van der Waals surface area contributed by atoms with Crippen molar-refractivity contribution < 1.29 is 46.7 Å². The molecule has 0 bridgehead atoms. The molecule has 2 saturated heterocycles. The van der Waals surface area contributed by atoms with E-state index >= 15 is 0 Å². The number of aliphatic hydroxyl groups is 1. The first-order valence-corrected chi connectivity index (χ1v) is 18.3. The van der Waals surface area contributed by atoms with E-state index in [0.29, 0.717) is 43.4 Å². The maximum atomic E-state index is 13.9. The Morgan fingerprint density at radius 2 is 1.92 bits per heavy atom. The minimum absolute atomic E-state index is 0.00931. The monoisotopic (exact) mass is 715 g/mol. The van der Waals surface area contributed by atoms with Crippen LogP contribution in [0, 0.1) is 11.8 Å². The zero-order valence-electron chi connectivity index (χ0n) is 28.2. The number of carbonyl (C=O) groups excluding carboxylic acids is 1. The molecular formula is C34H45N5O10S. The Balaban J connectivity index is 1.13. The lowest BCUT2D eigenvalue weighted by molar-refractivity contribution is -0.0907. The molecule has 3 aliphatic rings. The molecule has 1 aromatic heterocycles. The highest BCUT2D eigenvalue weighted by Crippen LogP contribution is 2.35. The van der Waals surface area contributed by atoms with Gasteiger partial charge in [0.05, 0.1) is 49.0 Å². The number of aliphatic hydroxyl groups excluding tert-OH is 1. The SMILES string of the molecule is CC(C)CN(CC(O)C(Cc1ccc(OCCCNc2ccn[nH]2)cc1)NC(=O)OC1COC2OCCC12)S(=O)(=O)c1ccc2c(c1)OCO2. The molecule has 0 aliphatic carbocycles. The van der Waals surface area contributed by atoms with Crippen LogP contribution >= 0.6 is 0 Å². The van der Waals surface area contributed by atoms with E-state index in [9.17, 15) is 18.3 Å². The van der Waals surface area contributed by atoms with Crippen LogP contribution in [0.25, 0.3) is 0 Å². The molecule has 0 radical (unpaired) electrons. The number of aromatic nitrogens is 2. The molecule has 16 heteroatoms. The summed E-state index contributed by atoms with van der Waals surface area (Å²) >= 11 is 0. The predicted octanol–water partition coefficient (Wildman–Crippen LogP) is 3.13. The van der Waals surface area contributed by atoms with Crippen molar-refractivity contribution in [3.05, 3.63) is 60.3 Å². The number of carbonyl (C=O) groups is 1. The molecule has 0 spiro atoms. The lowest BCUT2D eigenvalue weighted by Gasteiger charge is -2.31. The molecule has 1 amide bonds. The Kier molecular flexibility index (Phi) is 11.6. The third kappa shape index (κ3) is 8.98. The van der Waals surface area contributed by atoms with Crippen LogP contribution < -0.4 is 24.8 Å². The quantitative estimate of drug-likeness (QED) is 0.150. The summed E-state index contributed by atoms with van der Waals surface area (Å²) in [5.74, 6) is 2.19. The molecule has 2 fully saturated rings. The van der Waals surface area contributed by atoms with Gasteiger partial charge in [-0.1, -0.05) is 26.0 Å². The number of hydrogen-bond donors (Lipinski definition) is 4. The van der Waals surface area contributed by atoms with Gasteiger partial charge in [0.1, 0.15) is 17.7 Å². The van der Waals surface area contributed by atoms with Gasteiger partial charge in [-0.3, -0.25) is 5.10 Å². The normalized spacial score (nSPS) is 20.9. The van der Waals surface area contributed by atoms with Crippen molar-refractivity contribution in [1.29, 1.82) is 0 Å². The number of benzene rings is 2. The Bertz CT molecular complexity index is 1660. The van der Waals surface area contributed by atoms with E-state index in [0.717, 1.165) is 17.8 Å². The summed E-state index contributed by atoms with van der Waals surface area (Å²) < 4.78 is 62.7. The molecule has 272 valence electrons. The van der Waals surface area contributed by atoms with Gasteiger partial charge in [-0.2, -0.15) is 9.40 Å². The van der Waals surface area contributed by atoms with Crippen molar-refractivity contribution in [2.75, 3.05) is 51.6 Å². The van der Waals surface area contributed by atoms with Gasteiger partial charge in [0.25, 0.3) is 0 Å². The minimum Gasteiger partial charge on any atom is -0.494 e. The highest BCUT2D eigenvalue weighted by atomic mass is 32.2. The summed E-state index contributed by atoms with van der Waals surface area (Å²) in [5.41, 5.74) is 0.796. The van der Waals surface area contributed by atoms with Crippen molar-refractivity contribution in [3.8, 4) is 17.2 Å². The number of H-pyrrole nitrogens is 1. The second kappa shape index (κ2) is 16.3.